The molecule has 0 amide bonds. The monoisotopic (exact) mass is 338 g/mol. The highest BCUT2D eigenvalue weighted by atomic mass is 127. The van der Waals surface area contributed by atoms with E-state index in [0.29, 0.717) is 0 Å². The zero-order valence-corrected chi connectivity index (χ0v) is 11.3. The minimum atomic E-state index is 0.826. The highest BCUT2D eigenvalue weighted by molar-refractivity contribution is 14.1. The van der Waals surface area contributed by atoms with Gasteiger partial charge in [0, 0.05) is 14.0 Å². The Balaban J connectivity index is 2.64. The summed E-state index contributed by atoms with van der Waals surface area (Å²) in [5.74, 6) is 0. The summed E-state index contributed by atoms with van der Waals surface area (Å²) in [6, 6.07) is 16.7. The first-order valence-corrected chi connectivity index (χ1v) is 6.48. The molecule has 0 aromatic heterocycles. The Bertz CT molecular complexity index is 683. The van der Waals surface area contributed by atoms with E-state index in [-0.39, 0.29) is 0 Å². The summed E-state index contributed by atoms with van der Waals surface area (Å²) < 4.78 is 1.24. The van der Waals surface area contributed by atoms with Crippen molar-refractivity contribution in [1.29, 1.82) is 0 Å². The molecule has 0 nitrogen and oxygen atoms in total. The van der Waals surface area contributed by atoms with Crippen LogP contribution in [-0.4, -0.2) is 0 Å². The third-order valence-electron chi connectivity index (χ3n) is 2.80. The van der Waals surface area contributed by atoms with Gasteiger partial charge in [0.05, 0.1) is 0 Å². The molecular formula is C14H8ClI. The van der Waals surface area contributed by atoms with Gasteiger partial charge in [-0.05, 0) is 50.9 Å². The van der Waals surface area contributed by atoms with E-state index in [2.05, 4.69) is 65.1 Å². The van der Waals surface area contributed by atoms with Gasteiger partial charge in [0.1, 0.15) is 0 Å². The summed E-state index contributed by atoms with van der Waals surface area (Å²) in [6.07, 6.45) is 0. The van der Waals surface area contributed by atoms with Crippen LogP contribution in [0, 0.1) is 3.57 Å². The van der Waals surface area contributed by atoms with Gasteiger partial charge in [-0.25, -0.2) is 0 Å². The maximum atomic E-state index is 6.30. The molecule has 0 saturated carbocycles. The van der Waals surface area contributed by atoms with E-state index in [1.807, 2.05) is 6.07 Å². The molecule has 3 aromatic carbocycles. The van der Waals surface area contributed by atoms with E-state index >= 15 is 0 Å². The lowest BCUT2D eigenvalue weighted by atomic mass is 10.0. The minimum Gasteiger partial charge on any atom is -0.0836 e. The number of hydrogen-bond acceptors (Lipinski definition) is 0. The van der Waals surface area contributed by atoms with Crippen LogP contribution in [0.1, 0.15) is 0 Å². The van der Waals surface area contributed by atoms with E-state index in [0.717, 1.165) is 10.4 Å². The van der Waals surface area contributed by atoms with Crippen LogP contribution in [0.5, 0.6) is 0 Å². The second-order valence-corrected chi connectivity index (χ2v) is 5.31. The highest BCUT2D eigenvalue weighted by Gasteiger charge is 2.06. The van der Waals surface area contributed by atoms with Gasteiger partial charge in [-0.1, -0.05) is 48.0 Å². The SMILES string of the molecule is Clc1cc2c(I)cccc2c2ccccc12. The molecule has 0 radical (unpaired) electrons. The fourth-order valence-corrected chi connectivity index (χ4v) is 2.98. The average molecular weight is 339 g/mol. The van der Waals surface area contributed by atoms with Crippen molar-refractivity contribution in [1.82, 2.24) is 0 Å². The Morgan fingerprint density at radius 1 is 0.750 bits per heavy atom. The first kappa shape index (κ1) is 10.4. The van der Waals surface area contributed by atoms with Crippen LogP contribution in [0.25, 0.3) is 21.5 Å². The summed E-state index contributed by atoms with van der Waals surface area (Å²) in [4.78, 5) is 0. The average Bonchev–Trinajstić information content (AvgIpc) is 2.31. The molecule has 0 unspecified atom stereocenters. The first-order chi connectivity index (χ1) is 7.77. The molecule has 0 fully saturated rings. The molecule has 0 aliphatic rings. The molecule has 0 saturated heterocycles. The van der Waals surface area contributed by atoms with Crippen LogP contribution in [0.2, 0.25) is 5.02 Å². The second-order valence-electron chi connectivity index (χ2n) is 3.74. The van der Waals surface area contributed by atoms with Gasteiger partial charge in [-0.15, -0.1) is 0 Å². The summed E-state index contributed by atoms with van der Waals surface area (Å²) in [5, 5.41) is 5.67. The Morgan fingerprint density at radius 2 is 1.38 bits per heavy atom. The smallest absolute Gasteiger partial charge is 0.0491 e. The Labute approximate surface area is 112 Å². The normalized spacial score (nSPS) is 11.1. The molecule has 0 aliphatic carbocycles. The molecule has 0 spiro atoms. The largest absolute Gasteiger partial charge is 0.0836 e. The predicted octanol–water partition coefficient (Wildman–Crippen LogP) is 5.25. The summed E-state index contributed by atoms with van der Waals surface area (Å²) >= 11 is 8.65. The van der Waals surface area contributed by atoms with Crippen molar-refractivity contribution in [2.75, 3.05) is 0 Å². The number of fused-ring (bicyclic) bond motifs is 3. The Hall–Kier alpha value is -0.800. The van der Waals surface area contributed by atoms with Crippen LogP contribution in [0.4, 0.5) is 0 Å². The van der Waals surface area contributed by atoms with Crippen LogP contribution in [-0.2, 0) is 0 Å². The number of halogens is 2. The topological polar surface area (TPSA) is 0 Å². The standard InChI is InChI=1S/C14H8ClI/c15-13-8-12-10(6-3-7-14(12)16)9-4-1-2-5-11(9)13/h1-8H. The van der Waals surface area contributed by atoms with Crippen molar-refractivity contribution in [3.05, 3.63) is 57.1 Å². The lowest BCUT2D eigenvalue weighted by Gasteiger charge is -2.07. The first-order valence-electron chi connectivity index (χ1n) is 5.03. The predicted molar refractivity (Wildman–Crippen MR) is 79.2 cm³/mol. The molecule has 78 valence electrons. The molecule has 0 atom stereocenters. The third kappa shape index (κ3) is 1.50. The maximum absolute atomic E-state index is 6.30. The fourth-order valence-electron chi connectivity index (χ4n) is 2.05. The fraction of sp³-hybridized carbons (Fsp3) is 0. The highest BCUT2D eigenvalue weighted by Crippen LogP contribution is 2.33. The lowest BCUT2D eigenvalue weighted by Crippen LogP contribution is -1.81. The zero-order valence-electron chi connectivity index (χ0n) is 8.37. The lowest BCUT2D eigenvalue weighted by molar-refractivity contribution is 1.72. The summed E-state index contributed by atoms with van der Waals surface area (Å²) in [6.45, 7) is 0. The molecule has 16 heavy (non-hydrogen) atoms. The number of hydrogen-bond donors (Lipinski definition) is 0. The van der Waals surface area contributed by atoms with Gasteiger partial charge >= 0.3 is 0 Å². The zero-order chi connectivity index (χ0) is 11.1. The quantitative estimate of drug-likeness (QED) is 0.388. The van der Waals surface area contributed by atoms with E-state index in [4.69, 9.17) is 11.6 Å². The van der Waals surface area contributed by atoms with Gasteiger partial charge in [-0.2, -0.15) is 0 Å². The molecule has 2 heteroatoms. The van der Waals surface area contributed by atoms with Gasteiger partial charge in [0.15, 0.2) is 0 Å². The van der Waals surface area contributed by atoms with E-state index in [9.17, 15) is 0 Å². The van der Waals surface area contributed by atoms with Crippen molar-refractivity contribution >= 4 is 55.7 Å². The number of rotatable bonds is 0. The van der Waals surface area contributed by atoms with Crippen LogP contribution < -0.4 is 0 Å². The van der Waals surface area contributed by atoms with Crippen LogP contribution >= 0.6 is 34.2 Å². The van der Waals surface area contributed by atoms with Crippen molar-refractivity contribution in [2.24, 2.45) is 0 Å². The van der Waals surface area contributed by atoms with Crippen molar-refractivity contribution in [3.8, 4) is 0 Å². The van der Waals surface area contributed by atoms with Gasteiger partial charge in [0.25, 0.3) is 0 Å². The van der Waals surface area contributed by atoms with E-state index in [1.54, 1.807) is 0 Å². The molecule has 0 N–H and O–H groups in total. The van der Waals surface area contributed by atoms with Gasteiger partial charge < -0.3 is 0 Å². The third-order valence-corrected chi connectivity index (χ3v) is 4.05. The van der Waals surface area contributed by atoms with Crippen molar-refractivity contribution < 1.29 is 0 Å². The molecule has 0 bridgehead atoms. The molecule has 0 heterocycles. The summed E-state index contributed by atoms with van der Waals surface area (Å²) in [5.41, 5.74) is 0. The van der Waals surface area contributed by atoms with Crippen LogP contribution in [0.3, 0.4) is 0 Å². The Morgan fingerprint density at radius 3 is 2.19 bits per heavy atom. The molecule has 3 aromatic rings. The van der Waals surface area contributed by atoms with E-state index < -0.39 is 0 Å². The van der Waals surface area contributed by atoms with Crippen molar-refractivity contribution in [3.63, 3.8) is 0 Å². The molecule has 3 rings (SSSR count). The van der Waals surface area contributed by atoms with Gasteiger partial charge in [-0.3, -0.25) is 0 Å². The van der Waals surface area contributed by atoms with Crippen molar-refractivity contribution in [2.45, 2.75) is 0 Å². The second kappa shape index (κ2) is 3.90. The molecular weight excluding hydrogens is 331 g/mol. The maximum Gasteiger partial charge on any atom is 0.0491 e. The van der Waals surface area contributed by atoms with Gasteiger partial charge in [0.2, 0.25) is 0 Å². The number of benzene rings is 3. The molecule has 0 aliphatic heterocycles. The summed E-state index contributed by atoms with van der Waals surface area (Å²) in [7, 11) is 0. The van der Waals surface area contributed by atoms with Crippen LogP contribution in [0.15, 0.2) is 48.5 Å². The van der Waals surface area contributed by atoms with E-state index in [1.165, 1.54) is 19.7 Å². The minimum absolute atomic E-state index is 0.826. The Kier molecular flexibility index (Phi) is 2.52.